The molecule has 1 atom stereocenters. The van der Waals surface area contributed by atoms with Gasteiger partial charge in [-0.3, -0.25) is 4.99 Å². The number of phenols is 1. The zero-order valence-corrected chi connectivity index (χ0v) is 14.5. The Morgan fingerprint density at radius 3 is 2.76 bits per heavy atom. The lowest BCUT2D eigenvalue weighted by molar-refractivity contribution is 0.296. The van der Waals surface area contributed by atoms with E-state index in [2.05, 4.69) is 16.0 Å². The van der Waals surface area contributed by atoms with Gasteiger partial charge < -0.3 is 15.9 Å². The van der Waals surface area contributed by atoms with Gasteiger partial charge in [-0.25, -0.2) is 4.98 Å². The minimum absolute atomic E-state index is 0.0857. The highest BCUT2D eigenvalue weighted by Gasteiger charge is 2.28. The second-order valence-electron chi connectivity index (χ2n) is 5.75. The molecule has 2 aromatic rings. The predicted octanol–water partition coefficient (Wildman–Crippen LogP) is 2.82. The van der Waals surface area contributed by atoms with Crippen LogP contribution in [0, 0.1) is 18.3 Å². The maximum atomic E-state index is 9.81. The minimum atomic E-state index is -0.153. The fourth-order valence-electron chi connectivity index (χ4n) is 2.64. The average Bonchev–Trinajstić information content (AvgIpc) is 3.42. The maximum absolute atomic E-state index is 9.81. The van der Waals surface area contributed by atoms with Crippen molar-refractivity contribution in [2.75, 3.05) is 18.1 Å². The first-order valence-corrected chi connectivity index (χ1v) is 8.85. The number of rotatable bonds is 6. The van der Waals surface area contributed by atoms with Gasteiger partial charge in [0.05, 0.1) is 5.56 Å². The van der Waals surface area contributed by atoms with Crippen LogP contribution >= 0.6 is 11.8 Å². The number of aliphatic hydroxyl groups is 1. The highest BCUT2D eigenvalue weighted by molar-refractivity contribution is 7.99. The van der Waals surface area contributed by atoms with Crippen LogP contribution in [0.15, 0.2) is 28.2 Å². The molecule has 4 N–H and O–H groups in total. The molecule has 1 aromatic carbocycles. The summed E-state index contributed by atoms with van der Waals surface area (Å²) in [6.45, 7) is 1.89. The van der Waals surface area contributed by atoms with Gasteiger partial charge in [0.2, 0.25) is 0 Å². The molecule has 0 aliphatic carbocycles. The molecule has 0 bridgehead atoms. The molecule has 2 heterocycles. The number of aliphatic hydroxyl groups excluding tert-OH is 1. The van der Waals surface area contributed by atoms with Crippen molar-refractivity contribution in [3.8, 4) is 22.9 Å². The highest BCUT2D eigenvalue weighted by Crippen LogP contribution is 2.42. The first-order chi connectivity index (χ1) is 12.1. The lowest BCUT2D eigenvalue weighted by Crippen LogP contribution is -2.06. The van der Waals surface area contributed by atoms with E-state index in [9.17, 15) is 10.4 Å². The van der Waals surface area contributed by atoms with Crippen molar-refractivity contribution in [1.29, 1.82) is 5.26 Å². The third-order valence-corrected chi connectivity index (χ3v) is 5.03. The quantitative estimate of drug-likeness (QED) is 0.543. The molecule has 1 aromatic heterocycles. The zero-order chi connectivity index (χ0) is 18.0. The van der Waals surface area contributed by atoms with Crippen molar-refractivity contribution in [3.63, 3.8) is 0 Å². The van der Waals surface area contributed by atoms with E-state index in [0.717, 1.165) is 11.1 Å². The number of pyridine rings is 1. The highest BCUT2D eigenvalue weighted by atomic mass is 32.2. The van der Waals surface area contributed by atoms with E-state index in [-0.39, 0.29) is 18.4 Å². The van der Waals surface area contributed by atoms with E-state index in [0.29, 0.717) is 39.7 Å². The summed E-state index contributed by atoms with van der Waals surface area (Å²) in [7, 11) is 0. The van der Waals surface area contributed by atoms with Crippen LogP contribution in [0.25, 0.3) is 11.1 Å². The molecule has 6 nitrogen and oxygen atoms in total. The number of nitrogens with two attached hydrogens (primary N) is 1. The van der Waals surface area contributed by atoms with E-state index in [1.165, 1.54) is 11.8 Å². The van der Waals surface area contributed by atoms with Crippen LogP contribution in [0.5, 0.6) is 5.75 Å². The number of aromatic nitrogens is 1. The van der Waals surface area contributed by atoms with Gasteiger partial charge in [0, 0.05) is 29.7 Å². The van der Waals surface area contributed by atoms with E-state index < -0.39 is 0 Å². The van der Waals surface area contributed by atoms with Crippen LogP contribution in [-0.2, 0) is 0 Å². The van der Waals surface area contributed by atoms with E-state index in [1.807, 2.05) is 6.07 Å². The first-order valence-electron chi connectivity index (χ1n) is 7.87. The number of thioether (sulfide) groups is 1. The molecule has 0 radical (unpaired) electrons. The van der Waals surface area contributed by atoms with Gasteiger partial charge in [-0.05, 0) is 36.6 Å². The number of benzene rings is 1. The van der Waals surface area contributed by atoms with Crippen molar-refractivity contribution in [3.05, 3.63) is 34.9 Å². The van der Waals surface area contributed by atoms with E-state index >= 15 is 0 Å². The van der Waals surface area contributed by atoms with Gasteiger partial charge in [-0.1, -0.05) is 6.07 Å². The number of nitriles is 1. The van der Waals surface area contributed by atoms with Crippen LogP contribution in [-0.4, -0.2) is 33.8 Å². The number of aryl methyl sites for hydroxylation is 1. The molecule has 0 saturated carbocycles. The molecule has 25 heavy (non-hydrogen) atoms. The Hall–Kier alpha value is -2.56. The second kappa shape index (κ2) is 7.13. The summed E-state index contributed by atoms with van der Waals surface area (Å²) in [5, 5.41) is 29.1. The monoisotopic (exact) mass is 354 g/mol. The normalized spacial score (nSPS) is 15.2. The topological polar surface area (TPSA) is 116 Å². The average molecular weight is 354 g/mol. The fraction of sp³-hybridized carbons (Fsp3) is 0.278. The largest absolute Gasteiger partial charge is 0.508 e. The molecular formula is C18H18N4O2S. The zero-order valence-electron chi connectivity index (χ0n) is 13.7. The van der Waals surface area contributed by atoms with Gasteiger partial charge in [-0.15, -0.1) is 11.8 Å². The van der Waals surface area contributed by atoms with Crippen molar-refractivity contribution in [2.24, 2.45) is 4.99 Å². The predicted molar refractivity (Wildman–Crippen MR) is 98.9 cm³/mol. The summed E-state index contributed by atoms with van der Waals surface area (Å²) < 4.78 is 0. The standard InChI is InChI=1S/C18H18N4O2S/c1-10-7-11(3-4-14(10)24)15-12(8-19)18(25-6-2-5-23)22-17(20)16(15)13-9-21-13/h3-4,7,9,13,23-24H,2,5-6H2,1H3,(H2,20,22). The Morgan fingerprint density at radius 2 is 2.16 bits per heavy atom. The Bertz CT molecular complexity index is 884. The first kappa shape index (κ1) is 17.3. The number of hydrogen-bond donors (Lipinski definition) is 3. The van der Waals surface area contributed by atoms with Crippen molar-refractivity contribution >= 4 is 23.8 Å². The number of nitrogens with zero attached hydrogens (tertiary/aromatic N) is 3. The lowest BCUT2D eigenvalue weighted by atomic mass is 9.93. The fourth-order valence-corrected chi connectivity index (χ4v) is 3.56. The summed E-state index contributed by atoms with van der Waals surface area (Å²) in [6.07, 6.45) is 2.38. The summed E-state index contributed by atoms with van der Waals surface area (Å²) in [5.41, 5.74) is 9.60. The summed E-state index contributed by atoms with van der Waals surface area (Å²) in [5.74, 6) is 1.20. The molecule has 0 saturated heterocycles. The van der Waals surface area contributed by atoms with Crippen LogP contribution in [0.4, 0.5) is 5.82 Å². The molecule has 3 rings (SSSR count). The van der Waals surface area contributed by atoms with Gasteiger partial charge in [0.15, 0.2) is 0 Å². The van der Waals surface area contributed by atoms with Gasteiger partial charge in [0.1, 0.15) is 28.7 Å². The third-order valence-electron chi connectivity index (χ3n) is 3.96. The second-order valence-corrected chi connectivity index (χ2v) is 6.83. The van der Waals surface area contributed by atoms with E-state index in [1.54, 1.807) is 25.3 Å². The molecule has 1 aliphatic heterocycles. The Labute approximate surface area is 150 Å². The Morgan fingerprint density at radius 1 is 1.40 bits per heavy atom. The van der Waals surface area contributed by atoms with Gasteiger partial charge >= 0.3 is 0 Å². The maximum Gasteiger partial charge on any atom is 0.131 e. The van der Waals surface area contributed by atoms with E-state index in [4.69, 9.17) is 10.8 Å². The van der Waals surface area contributed by atoms with Crippen LogP contribution < -0.4 is 5.73 Å². The molecule has 128 valence electrons. The SMILES string of the molecule is Cc1cc(-c2c(C#N)c(SCCCO)nc(N)c2C2C=N2)ccc1O. The van der Waals surface area contributed by atoms with Gasteiger partial charge in [-0.2, -0.15) is 5.26 Å². The number of nitrogen functional groups attached to an aromatic ring is 1. The number of aliphatic imine (C=N–C) groups is 1. The van der Waals surface area contributed by atoms with Crippen molar-refractivity contribution < 1.29 is 10.2 Å². The van der Waals surface area contributed by atoms with Gasteiger partial charge in [0.25, 0.3) is 0 Å². The molecule has 0 spiro atoms. The number of phenolic OH excluding ortho intramolecular Hbond substituents is 1. The molecule has 7 heteroatoms. The summed E-state index contributed by atoms with van der Waals surface area (Å²) in [4.78, 5) is 8.61. The molecular weight excluding hydrogens is 336 g/mol. The molecule has 1 aliphatic rings. The Kier molecular flexibility index (Phi) is 4.93. The Balaban J connectivity index is 2.18. The number of aromatic hydroxyl groups is 1. The molecule has 0 fully saturated rings. The summed E-state index contributed by atoms with van der Waals surface area (Å²) in [6, 6.07) is 7.31. The molecule has 1 unspecified atom stereocenters. The van der Waals surface area contributed by atoms with Crippen molar-refractivity contribution in [1.82, 2.24) is 4.98 Å². The third kappa shape index (κ3) is 3.45. The minimum Gasteiger partial charge on any atom is -0.508 e. The van der Waals surface area contributed by atoms with Crippen LogP contribution in [0.2, 0.25) is 0 Å². The van der Waals surface area contributed by atoms with Crippen LogP contribution in [0.3, 0.4) is 0 Å². The van der Waals surface area contributed by atoms with Crippen LogP contribution in [0.1, 0.15) is 29.2 Å². The lowest BCUT2D eigenvalue weighted by Gasteiger charge is -2.16. The van der Waals surface area contributed by atoms with Crippen molar-refractivity contribution in [2.45, 2.75) is 24.4 Å². The summed E-state index contributed by atoms with van der Waals surface area (Å²) >= 11 is 1.40. The smallest absolute Gasteiger partial charge is 0.131 e. The number of anilines is 1. The number of hydrogen-bond acceptors (Lipinski definition) is 7. The molecule has 0 amide bonds.